The highest BCUT2D eigenvalue weighted by atomic mass is 32.2. The van der Waals surface area contributed by atoms with E-state index in [9.17, 15) is 0 Å². The fourth-order valence-corrected chi connectivity index (χ4v) is 4.50. The average Bonchev–Trinajstić information content (AvgIpc) is 2.90. The number of benzene rings is 1. The van der Waals surface area contributed by atoms with Gasteiger partial charge in [0.15, 0.2) is 0 Å². The van der Waals surface area contributed by atoms with Crippen LogP contribution in [-0.2, 0) is 0 Å². The molecule has 2 heterocycles. The lowest BCUT2D eigenvalue weighted by molar-refractivity contribution is 0.169. The van der Waals surface area contributed by atoms with Crippen molar-refractivity contribution in [2.75, 3.05) is 12.3 Å². The van der Waals surface area contributed by atoms with Gasteiger partial charge < -0.3 is 10.1 Å². The van der Waals surface area contributed by atoms with Crippen LogP contribution >= 0.6 is 23.1 Å². The Bertz CT molecular complexity index is 581. The Kier molecular flexibility index (Phi) is 4.34. The molecule has 106 valence electrons. The number of nitrogens with one attached hydrogen (secondary N) is 1. The average molecular weight is 305 g/mol. The molecule has 0 saturated heterocycles. The lowest BCUT2D eigenvalue weighted by atomic mass is 10.1. The summed E-state index contributed by atoms with van der Waals surface area (Å²) in [7, 11) is 0. The van der Waals surface area contributed by atoms with Gasteiger partial charge in [-0.3, -0.25) is 0 Å². The van der Waals surface area contributed by atoms with Crippen molar-refractivity contribution >= 4 is 23.1 Å². The van der Waals surface area contributed by atoms with E-state index in [4.69, 9.17) is 4.74 Å². The van der Waals surface area contributed by atoms with E-state index in [-0.39, 0.29) is 12.1 Å². The van der Waals surface area contributed by atoms with Crippen LogP contribution in [0.4, 0.5) is 0 Å². The first kappa shape index (κ1) is 14.0. The second-order valence-electron chi connectivity index (χ2n) is 4.90. The first-order valence-corrected chi connectivity index (χ1v) is 8.76. The van der Waals surface area contributed by atoms with Crippen LogP contribution in [0, 0.1) is 6.92 Å². The van der Waals surface area contributed by atoms with Crippen molar-refractivity contribution in [1.82, 2.24) is 5.32 Å². The number of aryl methyl sites for hydroxylation is 1. The molecule has 3 rings (SSSR count). The zero-order chi connectivity index (χ0) is 13.9. The van der Waals surface area contributed by atoms with Crippen LogP contribution in [0.5, 0.6) is 5.75 Å². The van der Waals surface area contributed by atoms with E-state index in [0.717, 1.165) is 18.0 Å². The zero-order valence-corrected chi connectivity index (χ0v) is 13.4. The van der Waals surface area contributed by atoms with Crippen LogP contribution in [0.1, 0.15) is 22.7 Å². The van der Waals surface area contributed by atoms with Gasteiger partial charge in [0.05, 0.1) is 6.04 Å². The van der Waals surface area contributed by atoms with E-state index in [1.54, 1.807) is 0 Å². The zero-order valence-electron chi connectivity index (χ0n) is 11.8. The molecule has 1 aliphatic rings. The highest BCUT2D eigenvalue weighted by Gasteiger charge is 2.29. The molecule has 0 radical (unpaired) electrons. The molecule has 2 unspecified atom stereocenters. The molecule has 0 spiro atoms. The summed E-state index contributed by atoms with van der Waals surface area (Å²) in [6, 6.07) is 13.0. The Hall–Kier alpha value is -0.970. The van der Waals surface area contributed by atoms with Crippen LogP contribution < -0.4 is 10.1 Å². The molecule has 1 aromatic carbocycles. The minimum absolute atomic E-state index is 0.188. The van der Waals surface area contributed by atoms with Gasteiger partial charge in [0.25, 0.3) is 0 Å². The Morgan fingerprint density at radius 2 is 2.15 bits per heavy atom. The molecule has 0 saturated carbocycles. The van der Waals surface area contributed by atoms with Crippen LogP contribution in [-0.4, -0.2) is 18.4 Å². The van der Waals surface area contributed by atoms with Gasteiger partial charge in [0.2, 0.25) is 0 Å². The third-order valence-electron chi connectivity index (χ3n) is 3.39. The number of hydrogen-bond donors (Lipinski definition) is 1. The fourth-order valence-electron chi connectivity index (χ4n) is 2.46. The SMILES string of the molecule is CCNC(c1ccc(C)s1)C1CSc2ccccc2O1. The lowest BCUT2D eigenvalue weighted by Crippen LogP contribution is -2.38. The number of thiophene rings is 1. The van der Waals surface area contributed by atoms with E-state index in [2.05, 4.69) is 49.5 Å². The molecule has 1 aliphatic heterocycles. The summed E-state index contributed by atoms with van der Waals surface area (Å²) in [5, 5.41) is 3.58. The van der Waals surface area contributed by atoms with Gasteiger partial charge in [-0.05, 0) is 37.7 Å². The van der Waals surface area contributed by atoms with Crippen molar-refractivity contribution in [2.24, 2.45) is 0 Å². The van der Waals surface area contributed by atoms with Gasteiger partial charge in [-0.2, -0.15) is 0 Å². The van der Waals surface area contributed by atoms with E-state index in [1.807, 2.05) is 29.2 Å². The molecule has 0 fully saturated rings. The predicted molar refractivity (Wildman–Crippen MR) is 87.1 cm³/mol. The third-order valence-corrected chi connectivity index (χ3v) is 5.62. The molecule has 2 aromatic rings. The molecule has 1 N–H and O–H groups in total. The topological polar surface area (TPSA) is 21.3 Å². The van der Waals surface area contributed by atoms with Gasteiger partial charge in [-0.1, -0.05) is 19.1 Å². The van der Waals surface area contributed by atoms with Crippen molar-refractivity contribution in [2.45, 2.75) is 30.9 Å². The number of likely N-dealkylation sites (N-methyl/N-ethyl adjacent to an activating group) is 1. The number of rotatable bonds is 4. The van der Waals surface area contributed by atoms with Crippen LogP contribution in [0.25, 0.3) is 0 Å². The minimum Gasteiger partial charge on any atom is -0.486 e. The van der Waals surface area contributed by atoms with E-state index >= 15 is 0 Å². The number of fused-ring (bicyclic) bond motifs is 1. The predicted octanol–water partition coefficient (Wildman–Crippen LogP) is 4.26. The molecule has 20 heavy (non-hydrogen) atoms. The number of thioether (sulfide) groups is 1. The Labute approximate surface area is 128 Å². The molecule has 4 heteroatoms. The molecule has 2 nitrogen and oxygen atoms in total. The van der Waals surface area contributed by atoms with E-state index in [0.29, 0.717) is 0 Å². The molecule has 2 atom stereocenters. The van der Waals surface area contributed by atoms with Crippen molar-refractivity contribution < 1.29 is 4.74 Å². The summed E-state index contributed by atoms with van der Waals surface area (Å²) in [4.78, 5) is 3.97. The van der Waals surface area contributed by atoms with Crippen LogP contribution in [0.15, 0.2) is 41.3 Å². The highest BCUT2D eigenvalue weighted by Crippen LogP contribution is 2.39. The second-order valence-corrected chi connectivity index (χ2v) is 7.28. The monoisotopic (exact) mass is 305 g/mol. The van der Waals surface area contributed by atoms with Crippen LogP contribution in [0.3, 0.4) is 0 Å². The van der Waals surface area contributed by atoms with E-state index in [1.165, 1.54) is 14.6 Å². The van der Waals surface area contributed by atoms with Crippen molar-refractivity contribution in [1.29, 1.82) is 0 Å². The largest absolute Gasteiger partial charge is 0.486 e. The van der Waals surface area contributed by atoms with Gasteiger partial charge >= 0.3 is 0 Å². The molecule has 0 bridgehead atoms. The first-order valence-electron chi connectivity index (χ1n) is 6.96. The van der Waals surface area contributed by atoms with Crippen LogP contribution in [0.2, 0.25) is 0 Å². The maximum Gasteiger partial charge on any atom is 0.133 e. The quantitative estimate of drug-likeness (QED) is 0.912. The van der Waals surface area contributed by atoms with Gasteiger partial charge in [-0.15, -0.1) is 23.1 Å². The Morgan fingerprint density at radius 1 is 1.30 bits per heavy atom. The molecular weight excluding hydrogens is 286 g/mol. The Balaban J connectivity index is 1.83. The number of ether oxygens (including phenoxy) is 1. The summed E-state index contributed by atoms with van der Waals surface area (Å²) in [5.74, 6) is 2.01. The third kappa shape index (κ3) is 2.87. The standard InChI is InChI=1S/C16H19NOS2/c1-3-17-16(15-9-8-11(2)20-15)13-10-19-14-7-5-4-6-12(14)18-13/h4-9,13,16-17H,3,10H2,1-2H3. The van der Waals surface area contributed by atoms with Gasteiger partial charge in [0.1, 0.15) is 11.9 Å². The molecule has 0 amide bonds. The number of para-hydroxylation sites is 1. The van der Waals surface area contributed by atoms with Crippen molar-refractivity contribution in [3.8, 4) is 5.75 Å². The first-order chi connectivity index (χ1) is 9.78. The maximum atomic E-state index is 6.23. The summed E-state index contributed by atoms with van der Waals surface area (Å²) >= 11 is 3.75. The van der Waals surface area contributed by atoms with Gasteiger partial charge in [-0.25, -0.2) is 0 Å². The highest BCUT2D eigenvalue weighted by molar-refractivity contribution is 7.99. The summed E-state index contributed by atoms with van der Waals surface area (Å²) in [5.41, 5.74) is 0. The maximum absolute atomic E-state index is 6.23. The summed E-state index contributed by atoms with van der Waals surface area (Å²) in [6.07, 6.45) is 0.188. The minimum atomic E-state index is 0.188. The summed E-state index contributed by atoms with van der Waals surface area (Å²) in [6.45, 7) is 5.26. The smallest absolute Gasteiger partial charge is 0.133 e. The normalized spacial score (nSPS) is 19.2. The number of hydrogen-bond acceptors (Lipinski definition) is 4. The van der Waals surface area contributed by atoms with E-state index < -0.39 is 0 Å². The molecule has 1 aromatic heterocycles. The van der Waals surface area contributed by atoms with Crippen molar-refractivity contribution in [3.05, 3.63) is 46.2 Å². The lowest BCUT2D eigenvalue weighted by Gasteiger charge is -2.31. The van der Waals surface area contributed by atoms with Gasteiger partial charge in [0, 0.05) is 20.4 Å². The second kappa shape index (κ2) is 6.20. The van der Waals surface area contributed by atoms with Crippen molar-refractivity contribution in [3.63, 3.8) is 0 Å². The Morgan fingerprint density at radius 3 is 2.90 bits per heavy atom. The summed E-state index contributed by atoms with van der Waals surface area (Å²) < 4.78 is 6.23. The molecule has 0 aliphatic carbocycles. The molecular formula is C16H19NOS2. The fraction of sp³-hybridized carbons (Fsp3) is 0.375.